The molecule has 3 N–H and O–H groups in total. The van der Waals surface area contributed by atoms with Gasteiger partial charge in [-0.25, -0.2) is 0 Å². The minimum atomic E-state index is -0.864. The van der Waals surface area contributed by atoms with Crippen molar-refractivity contribution in [3.63, 3.8) is 0 Å². The first-order valence-electron chi connectivity index (χ1n) is 6.00. The number of nitrogens with two attached hydrogens (primary N) is 1. The van der Waals surface area contributed by atoms with Crippen LogP contribution >= 0.6 is 0 Å². The molecule has 1 aromatic carbocycles. The molecule has 0 amide bonds. The Bertz CT molecular complexity index is 474. The summed E-state index contributed by atoms with van der Waals surface area (Å²) in [6.45, 7) is 0.680. The SMILES string of the molecule is COc1cc2c(cc1C(N)CCC(=O)O)OCOC2. The maximum absolute atomic E-state index is 10.6. The maximum Gasteiger partial charge on any atom is 0.303 e. The minimum Gasteiger partial charge on any atom is -0.496 e. The van der Waals surface area contributed by atoms with Crippen molar-refractivity contribution in [2.45, 2.75) is 25.5 Å². The lowest BCUT2D eigenvalue weighted by Gasteiger charge is -2.22. The van der Waals surface area contributed by atoms with E-state index in [0.29, 0.717) is 24.5 Å². The largest absolute Gasteiger partial charge is 0.496 e. The fourth-order valence-electron chi connectivity index (χ4n) is 2.02. The highest BCUT2D eigenvalue weighted by atomic mass is 16.7. The summed E-state index contributed by atoms with van der Waals surface area (Å²) in [5, 5.41) is 8.70. The molecule has 0 saturated carbocycles. The third-order valence-electron chi connectivity index (χ3n) is 3.04. The van der Waals surface area contributed by atoms with Crippen LogP contribution in [0.2, 0.25) is 0 Å². The van der Waals surface area contributed by atoms with Crippen LogP contribution in [0.25, 0.3) is 0 Å². The number of aliphatic carboxylic acids is 1. The van der Waals surface area contributed by atoms with E-state index in [9.17, 15) is 4.79 Å². The number of methoxy groups -OCH3 is 1. The number of fused-ring (bicyclic) bond motifs is 1. The second kappa shape index (κ2) is 5.90. The molecule has 19 heavy (non-hydrogen) atoms. The minimum absolute atomic E-state index is 0.0192. The lowest BCUT2D eigenvalue weighted by Crippen LogP contribution is -2.16. The highest BCUT2D eigenvalue weighted by Gasteiger charge is 2.19. The van der Waals surface area contributed by atoms with Crippen molar-refractivity contribution < 1.29 is 24.1 Å². The standard InChI is InChI=1S/C13H17NO5/c1-17-12-4-8-6-18-7-19-11(8)5-9(12)10(14)2-3-13(15)16/h4-5,10H,2-3,6-7,14H2,1H3,(H,15,16). The molecule has 2 rings (SSSR count). The summed E-state index contributed by atoms with van der Waals surface area (Å²) in [5.41, 5.74) is 7.68. The van der Waals surface area contributed by atoms with E-state index in [4.69, 9.17) is 25.1 Å². The Morgan fingerprint density at radius 2 is 2.37 bits per heavy atom. The van der Waals surface area contributed by atoms with E-state index >= 15 is 0 Å². The Labute approximate surface area is 111 Å². The molecular weight excluding hydrogens is 250 g/mol. The van der Waals surface area contributed by atoms with Gasteiger partial charge in [-0.15, -0.1) is 0 Å². The molecule has 0 radical (unpaired) electrons. The summed E-state index contributed by atoms with van der Waals surface area (Å²) in [7, 11) is 1.56. The number of carbonyl (C=O) groups is 1. The van der Waals surface area contributed by atoms with Crippen LogP contribution in [-0.4, -0.2) is 25.0 Å². The number of rotatable bonds is 5. The van der Waals surface area contributed by atoms with Gasteiger partial charge in [0.1, 0.15) is 11.5 Å². The Kier molecular flexibility index (Phi) is 4.24. The first kappa shape index (κ1) is 13.6. The average molecular weight is 267 g/mol. The average Bonchev–Trinajstić information content (AvgIpc) is 2.43. The maximum atomic E-state index is 10.6. The molecule has 0 fully saturated rings. The van der Waals surface area contributed by atoms with Crippen LogP contribution in [0.15, 0.2) is 12.1 Å². The first-order valence-corrected chi connectivity index (χ1v) is 6.00. The van der Waals surface area contributed by atoms with E-state index in [1.807, 2.05) is 12.1 Å². The molecule has 1 atom stereocenters. The molecule has 1 aliphatic heterocycles. The molecule has 1 unspecified atom stereocenters. The second-order valence-corrected chi connectivity index (χ2v) is 4.35. The van der Waals surface area contributed by atoms with Gasteiger partial charge < -0.3 is 25.1 Å². The van der Waals surface area contributed by atoms with Crippen molar-refractivity contribution in [1.29, 1.82) is 0 Å². The van der Waals surface area contributed by atoms with E-state index < -0.39 is 12.0 Å². The van der Waals surface area contributed by atoms with Crippen LogP contribution in [0.3, 0.4) is 0 Å². The van der Waals surface area contributed by atoms with Gasteiger partial charge in [-0.3, -0.25) is 4.79 Å². The van der Waals surface area contributed by atoms with Crippen LogP contribution < -0.4 is 15.2 Å². The summed E-state index contributed by atoms with van der Waals surface area (Å²) >= 11 is 0. The predicted molar refractivity (Wildman–Crippen MR) is 67.1 cm³/mol. The first-order chi connectivity index (χ1) is 9.11. The molecule has 0 aliphatic carbocycles. The monoisotopic (exact) mass is 267 g/mol. The zero-order valence-corrected chi connectivity index (χ0v) is 10.7. The number of hydrogen-bond acceptors (Lipinski definition) is 5. The Balaban J connectivity index is 2.25. The summed E-state index contributed by atoms with van der Waals surface area (Å²) in [5.74, 6) is 0.482. The predicted octanol–water partition coefficient (Wildman–Crippen LogP) is 1.43. The van der Waals surface area contributed by atoms with Crippen LogP contribution in [0.1, 0.15) is 30.0 Å². The lowest BCUT2D eigenvalue weighted by atomic mass is 9.99. The van der Waals surface area contributed by atoms with Crippen LogP contribution in [0.4, 0.5) is 0 Å². The fourth-order valence-corrected chi connectivity index (χ4v) is 2.02. The molecule has 1 aliphatic rings. The number of ether oxygens (including phenoxy) is 3. The van der Waals surface area contributed by atoms with E-state index in [1.54, 1.807) is 7.11 Å². The van der Waals surface area contributed by atoms with Gasteiger partial charge in [0.25, 0.3) is 0 Å². The van der Waals surface area contributed by atoms with Gasteiger partial charge in [0, 0.05) is 23.6 Å². The topological polar surface area (TPSA) is 91.0 Å². The van der Waals surface area contributed by atoms with Crippen LogP contribution in [0, 0.1) is 0 Å². The summed E-state index contributed by atoms with van der Waals surface area (Å²) in [4.78, 5) is 10.6. The Hall–Kier alpha value is -1.79. The molecule has 104 valence electrons. The van der Waals surface area contributed by atoms with E-state index in [-0.39, 0.29) is 13.2 Å². The molecule has 0 spiro atoms. The summed E-state index contributed by atoms with van der Waals surface area (Å²) in [6, 6.07) is 3.23. The van der Waals surface area contributed by atoms with E-state index in [2.05, 4.69) is 0 Å². The molecule has 6 heteroatoms. The third-order valence-corrected chi connectivity index (χ3v) is 3.04. The van der Waals surface area contributed by atoms with Crippen LogP contribution in [-0.2, 0) is 16.1 Å². The summed E-state index contributed by atoms with van der Waals surface area (Å²) < 4.78 is 15.9. The highest BCUT2D eigenvalue weighted by molar-refractivity contribution is 5.66. The molecule has 0 saturated heterocycles. The van der Waals surface area contributed by atoms with Gasteiger partial charge in [0.2, 0.25) is 0 Å². The van der Waals surface area contributed by atoms with Gasteiger partial charge in [-0.1, -0.05) is 0 Å². The molecule has 0 bridgehead atoms. The van der Waals surface area contributed by atoms with Crippen molar-refractivity contribution in [2.24, 2.45) is 5.73 Å². The Morgan fingerprint density at radius 1 is 1.58 bits per heavy atom. The van der Waals surface area contributed by atoms with Gasteiger partial charge in [-0.05, 0) is 18.6 Å². The number of benzene rings is 1. The normalized spacial score (nSPS) is 15.3. The quantitative estimate of drug-likeness (QED) is 0.838. The van der Waals surface area contributed by atoms with Crippen molar-refractivity contribution in [3.8, 4) is 11.5 Å². The molecule has 1 aromatic rings. The Morgan fingerprint density at radius 3 is 3.05 bits per heavy atom. The van der Waals surface area contributed by atoms with Crippen LogP contribution in [0.5, 0.6) is 11.5 Å². The number of carboxylic acids is 1. The van der Waals surface area contributed by atoms with Crippen molar-refractivity contribution >= 4 is 5.97 Å². The van der Waals surface area contributed by atoms with Gasteiger partial charge in [0.05, 0.1) is 13.7 Å². The second-order valence-electron chi connectivity index (χ2n) is 4.35. The van der Waals surface area contributed by atoms with Crippen molar-refractivity contribution in [1.82, 2.24) is 0 Å². The molecule has 1 heterocycles. The molecule has 0 aromatic heterocycles. The smallest absolute Gasteiger partial charge is 0.303 e. The summed E-state index contributed by atoms with van der Waals surface area (Å²) in [6.07, 6.45) is 0.367. The van der Waals surface area contributed by atoms with Crippen molar-refractivity contribution in [2.75, 3.05) is 13.9 Å². The van der Waals surface area contributed by atoms with Gasteiger partial charge in [0.15, 0.2) is 6.79 Å². The third kappa shape index (κ3) is 3.15. The van der Waals surface area contributed by atoms with Gasteiger partial charge in [-0.2, -0.15) is 0 Å². The zero-order chi connectivity index (χ0) is 13.8. The highest BCUT2D eigenvalue weighted by Crippen LogP contribution is 2.35. The van der Waals surface area contributed by atoms with Crippen molar-refractivity contribution in [3.05, 3.63) is 23.3 Å². The number of hydrogen-bond donors (Lipinski definition) is 2. The fraction of sp³-hybridized carbons (Fsp3) is 0.462. The van der Waals surface area contributed by atoms with Gasteiger partial charge >= 0.3 is 5.97 Å². The number of carboxylic acid groups (broad SMARTS) is 1. The zero-order valence-electron chi connectivity index (χ0n) is 10.7. The lowest BCUT2D eigenvalue weighted by molar-refractivity contribution is -0.137. The van der Waals surface area contributed by atoms with E-state index in [0.717, 1.165) is 11.1 Å². The molecular formula is C13H17NO5. The molecule has 6 nitrogen and oxygen atoms in total. The van der Waals surface area contributed by atoms with E-state index in [1.165, 1.54) is 0 Å².